The van der Waals surface area contributed by atoms with Crippen LogP contribution in [0.15, 0.2) is 35.1 Å². The van der Waals surface area contributed by atoms with Crippen LogP contribution in [0.2, 0.25) is 0 Å². The smallest absolute Gasteiger partial charge is 0.349 e. The van der Waals surface area contributed by atoms with Gasteiger partial charge in [0.1, 0.15) is 4.88 Å². The largest absolute Gasteiger partial charge is 0.450 e. The summed E-state index contributed by atoms with van der Waals surface area (Å²) in [7, 11) is 0. The van der Waals surface area contributed by atoms with E-state index < -0.39 is 6.10 Å². The molecular formula is C20H20N2O3S. The maximum absolute atomic E-state index is 12.5. The second kappa shape index (κ2) is 6.68. The summed E-state index contributed by atoms with van der Waals surface area (Å²) in [6, 6.07) is 9.07. The number of thiophene rings is 1. The maximum atomic E-state index is 12.5. The fourth-order valence-electron chi connectivity index (χ4n) is 3.38. The highest BCUT2D eigenvalue weighted by Crippen LogP contribution is 2.33. The minimum Gasteiger partial charge on any atom is -0.450 e. The van der Waals surface area contributed by atoms with E-state index >= 15 is 0 Å². The highest BCUT2D eigenvalue weighted by Gasteiger charge is 2.23. The summed E-state index contributed by atoms with van der Waals surface area (Å²) >= 11 is 1.52. The monoisotopic (exact) mass is 368 g/mol. The van der Waals surface area contributed by atoms with E-state index in [9.17, 15) is 9.59 Å². The van der Waals surface area contributed by atoms with Gasteiger partial charge in [0.2, 0.25) is 0 Å². The first-order valence-electron chi connectivity index (χ1n) is 8.83. The summed E-state index contributed by atoms with van der Waals surface area (Å²) in [4.78, 5) is 33.8. The molecule has 0 saturated heterocycles. The van der Waals surface area contributed by atoms with Crippen LogP contribution in [-0.4, -0.2) is 15.9 Å². The zero-order valence-corrected chi connectivity index (χ0v) is 15.6. The van der Waals surface area contributed by atoms with Gasteiger partial charge in [0.15, 0.2) is 11.9 Å². The van der Waals surface area contributed by atoms with Gasteiger partial charge in [-0.2, -0.15) is 0 Å². The van der Waals surface area contributed by atoms with Crippen molar-refractivity contribution in [2.75, 3.05) is 0 Å². The number of ether oxygens (including phenoxy) is 1. The number of nitrogens with zero attached hydrogens (tertiary/aromatic N) is 1. The van der Waals surface area contributed by atoms with Gasteiger partial charge in [0.25, 0.3) is 5.56 Å². The molecule has 0 saturated carbocycles. The Morgan fingerprint density at radius 1 is 1.38 bits per heavy atom. The van der Waals surface area contributed by atoms with Crippen molar-refractivity contribution in [1.29, 1.82) is 0 Å². The lowest BCUT2D eigenvalue weighted by Gasteiger charge is -2.16. The van der Waals surface area contributed by atoms with Crippen molar-refractivity contribution in [1.82, 2.24) is 9.97 Å². The van der Waals surface area contributed by atoms with E-state index in [1.807, 2.05) is 12.1 Å². The van der Waals surface area contributed by atoms with Gasteiger partial charge in [-0.15, -0.1) is 11.3 Å². The lowest BCUT2D eigenvalue weighted by atomic mass is 9.90. The number of rotatable bonds is 3. The molecule has 134 valence electrons. The van der Waals surface area contributed by atoms with Crippen molar-refractivity contribution in [2.24, 2.45) is 5.92 Å². The predicted molar refractivity (Wildman–Crippen MR) is 102 cm³/mol. The number of aryl methyl sites for hydroxylation is 1. The lowest BCUT2D eigenvalue weighted by molar-refractivity contribution is 0.0326. The van der Waals surface area contributed by atoms with Gasteiger partial charge in [-0.25, -0.2) is 9.78 Å². The van der Waals surface area contributed by atoms with E-state index in [4.69, 9.17) is 4.74 Å². The van der Waals surface area contributed by atoms with Crippen LogP contribution in [0.5, 0.6) is 0 Å². The van der Waals surface area contributed by atoms with Gasteiger partial charge < -0.3 is 9.72 Å². The van der Waals surface area contributed by atoms with E-state index in [1.54, 1.807) is 25.1 Å². The number of carbonyl (C=O) groups is 1. The average Bonchev–Trinajstić information content (AvgIpc) is 3.05. The molecule has 2 heterocycles. The van der Waals surface area contributed by atoms with E-state index in [0.29, 0.717) is 27.5 Å². The number of esters is 1. The molecule has 2 aromatic heterocycles. The van der Waals surface area contributed by atoms with Crippen LogP contribution >= 0.6 is 11.3 Å². The number of fused-ring (bicyclic) bond motifs is 2. The third-order valence-electron chi connectivity index (χ3n) is 4.83. The van der Waals surface area contributed by atoms with Crippen LogP contribution in [-0.2, 0) is 17.6 Å². The third kappa shape index (κ3) is 3.17. The number of hydrogen-bond donors (Lipinski definition) is 1. The van der Waals surface area contributed by atoms with Crippen LogP contribution in [0.25, 0.3) is 10.9 Å². The molecule has 5 nitrogen and oxygen atoms in total. The zero-order valence-electron chi connectivity index (χ0n) is 14.7. The Morgan fingerprint density at radius 2 is 2.19 bits per heavy atom. The first-order chi connectivity index (χ1) is 12.5. The molecule has 3 aromatic rings. The number of H-pyrrole nitrogens is 1. The quantitative estimate of drug-likeness (QED) is 0.709. The second-order valence-corrected chi connectivity index (χ2v) is 8.06. The Hall–Kier alpha value is -2.47. The van der Waals surface area contributed by atoms with Crippen molar-refractivity contribution >= 4 is 28.2 Å². The lowest BCUT2D eigenvalue weighted by Crippen LogP contribution is -2.17. The molecule has 0 amide bonds. The molecule has 1 aromatic carbocycles. The summed E-state index contributed by atoms with van der Waals surface area (Å²) < 4.78 is 5.57. The number of para-hydroxylation sites is 1. The van der Waals surface area contributed by atoms with E-state index in [2.05, 4.69) is 16.9 Å². The molecule has 1 N–H and O–H groups in total. The summed E-state index contributed by atoms with van der Waals surface area (Å²) in [5, 5.41) is 0.523. The Bertz CT molecular complexity index is 1040. The standard InChI is InChI=1S/C20H20N2O3S/c1-11-7-8-16-13(9-11)10-17(26-16)20(24)25-12(2)18-21-15-6-4-3-5-14(15)19(23)22-18/h3-6,10-12H,7-9H2,1-2H3,(H,21,22,23)/t11-,12-/m0/s1. The van der Waals surface area contributed by atoms with Gasteiger partial charge in [-0.05, 0) is 55.9 Å². The number of benzene rings is 1. The molecule has 1 aliphatic carbocycles. The summed E-state index contributed by atoms with van der Waals surface area (Å²) in [5.41, 5.74) is 1.63. The molecule has 4 rings (SSSR count). The molecule has 0 bridgehead atoms. The minimum absolute atomic E-state index is 0.228. The van der Waals surface area contributed by atoms with Crippen LogP contribution in [0, 0.1) is 5.92 Å². The van der Waals surface area contributed by atoms with Crippen LogP contribution in [0.1, 0.15) is 52.3 Å². The minimum atomic E-state index is -0.627. The molecule has 1 aliphatic rings. The Labute approximate surface area is 155 Å². The normalized spacial score (nSPS) is 17.7. The summed E-state index contributed by atoms with van der Waals surface area (Å²) in [5.74, 6) is 0.657. The van der Waals surface area contributed by atoms with Crippen LogP contribution in [0.3, 0.4) is 0 Å². The Balaban J connectivity index is 1.55. The SMILES string of the molecule is C[C@H]1CCc2sc(C(=O)O[C@@H](C)c3nc4ccccc4c(=O)[nH]3)cc2C1. The predicted octanol–water partition coefficient (Wildman–Crippen LogP) is 4.03. The fourth-order valence-corrected chi connectivity index (χ4v) is 4.47. The van der Waals surface area contributed by atoms with E-state index in [0.717, 1.165) is 12.8 Å². The fraction of sp³-hybridized carbons (Fsp3) is 0.350. The topological polar surface area (TPSA) is 72.0 Å². The van der Waals surface area contributed by atoms with Gasteiger partial charge in [0.05, 0.1) is 10.9 Å². The van der Waals surface area contributed by atoms with E-state index in [-0.39, 0.29) is 11.5 Å². The van der Waals surface area contributed by atoms with Crippen molar-refractivity contribution in [3.63, 3.8) is 0 Å². The van der Waals surface area contributed by atoms with Gasteiger partial charge >= 0.3 is 5.97 Å². The average molecular weight is 368 g/mol. The number of nitrogens with one attached hydrogen (secondary N) is 1. The number of aromatic amines is 1. The molecule has 0 radical (unpaired) electrons. The highest BCUT2D eigenvalue weighted by molar-refractivity contribution is 7.14. The first-order valence-corrected chi connectivity index (χ1v) is 9.64. The van der Waals surface area contributed by atoms with Gasteiger partial charge in [-0.1, -0.05) is 19.1 Å². The summed E-state index contributed by atoms with van der Waals surface area (Å²) in [6.45, 7) is 3.96. The molecule has 26 heavy (non-hydrogen) atoms. The Morgan fingerprint density at radius 3 is 3.04 bits per heavy atom. The second-order valence-electron chi connectivity index (χ2n) is 6.92. The van der Waals surface area contributed by atoms with Gasteiger partial charge in [0, 0.05) is 4.88 Å². The molecule has 0 fully saturated rings. The maximum Gasteiger partial charge on any atom is 0.349 e. The van der Waals surface area contributed by atoms with Gasteiger partial charge in [-0.3, -0.25) is 4.79 Å². The van der Waals surface area contributed by atoms with Crippen LogP contribution in [0.4, 0.5) is 0 Å². The van der Waals surface area contributed by atoms with Crippen LogP contribution < -0.4 is 5.56 Å². The third-order valence-corrected chi connectivity index (χ3v) is 6.05. The van der Waals surface area contributed by atoms with Crippen molar-refractivity contribution in [3.8, 4) is 0 Å². The number of aromatic nitrogens is 2. The van der Waals surface area contributed by atoms with Crippen molar-refractivity contribution in [3.05, 3.63) is 61.8 Å². The van der Waals surface area contributed by atoms with E-state index in [1.165, 1.54) is 28.2 Å². The number of hydrogen-bond acceptors (Lipinski definition) is 5. The number of carbonyl (C=O) groups excluding carboxylic acids is 1. The zero-order chi connectivity index (χ0) is 18.3. The molecule has 6 heteroatoms. The first kappa shape index (κ1) is 17.0. The Kier molecular flexibility index (Phi) is 4.36. The molecule has 2 atom stereocenters. The van der Waals surface area contributed by atoms with Crippen molar-refractivity contribution in [2.45, 2.75) is 39.2 Å². The highest BCUT2D eigenvalue weighted by atomic mass is 32.1. The summed E-state index contributed by atoms with van der Waals surface area (Å²) in [6.07, 6.45) is 2.59. The molecule has 0 spiro atoms. The van der Waals surface area contributed by atoms with Crippen molar-refractivity contribution < 1.29 is 9.53 Å². The molecular weight excluding hydrogens is 348 g/mol. The molecule has 0 aliphatic heterocycles. The molecule has 0 unspecified atom stereocenters.